The first-order valence-corrected chi connectivity index (χ1v) is 6.58. The van der Waals surface area contributed by atoms with Crippen LogP contribution in [0.1, 0.15) is 32.6 Å². The molecule has 0 amide bonds. The van der Waals surface area contributed by atoms with Crippen LogP contribution >= 0.6 is 15.9 Å². The van der Waals surface area contributed by atoms with Gasteiger partial charge in [-0.05, 0) is 42.5 Å². The molecule has 0 spiro atoms. The van der Waals surface area contributed by atoms with Crippen LogP contribution in [0, 0.1) is 13.8 Å². The van der Waals surface area contributed by atoms with Crippen LogP contribution in [0.5, 0.6) is 0 Å². The lowest BCUT2D eigenvalue weighted by atomic mass is 9.91. The number of methoxy groups -OCH3 is 1. The van der Waals surface area contributed by atoms with Crippen molar-refractivity contribution < 1.29 is 9.53 Å². The predicted molar refractivity (Wildman–Crippen MR) is 74.8 cm³/mol. The maximum absolute atomic E-state index is 11.8. The molecule has 0 aromatic heterocycles. The highest BCUT2D eigenvalue weighted by molar-refractivity contribution is 9.09. The van der Waals surface area contributed by atoms with Crippen molar-refractivity contribution in [2.24, 2.45) is 0 Å². The summed E-state index contributed by atoms with van der Waals surface area (Å²) in [5.41, 5.74) is 4.85. The summed E-state index contributed by atoms with van der Waals surface area (Å²) in [6, 6.07) is 1.99. The Hall–Kier alpha value is -1.09. The minimum absolute atomic E-state index is 0.298. The Morgan fingerprint density at radius 1 is 1.53 bits per heavy atom. The molecular formula is C14H17BrO2. The van der Waals surface area contributed by atoms with Gasteiger partial charge >= 0.3 is 5.97 Å². The van der Waals surface area contributed by atoms with Crippen molar-refractivity contribution in [2.75, 3.05) is 12.4 Å². The van der Waals surface area contributed by atoms with Crippen molar-refractivity contribution in [3.05, 3.63) is 40.5 Å². The van der Waals surface area contributed by atoms with Gasteiger partial charge in [0.1, 0.15) is 0 Å². The van der Waals surface area contributed by atoms with Gasteiger partial charge < -0.3 is 4.74 Å². The molecule has 1 aromatic carbocycles. The minimum atomic E-state index is -0.298. The van der Waals surface area contributed by atoms with Crippen LogP contribution in [0.4, 0.5) is 0 Å². The number of hydrogen-bond acceptors (Lipinski definition) is 2. The molecule has 92 valence electrons. The first kappa shape index (κ1) is 14.0. The van der Waals surface area contributed by atoms with Crippen molar-refractivity contribution in [1.82, 2.24) is 0 Å². The maximum Gasteiger partial charge on any atom is 0.338 e. The van der Waals surface area contributed by atoms with E-state index >= 15 is 0 Å². The zero-order valence-corrected chi connectivity index (χ0v) is 12.1. The zero-order valence-electron chi connectivity index (χ0n) is 10.5. The van der Waals surface area contributed by atoms with E-state index in [0.717, 1.165) is 22.9 Å². The molecule has 1 rings (SSSR count). The first-order valence-electron chi connectivity index (χ1n) is 5.46. The summed E-state index contributed by atoms with van der Waals surface area (Å²) in [6.07, 6.45) is 2.60. The Morgan fingerprint density at radius 3 is 2.65 bits per heavy atom. The minimum Gasteiger partial charge on any atom is -0.465 e. The summed E-state index contributed by atoms with van der Waals surface area (Å²) in [5.74, 6) is -0.298. The molecule has 0 unspecified atom stereocenters. The molecule has 0 atom stereocenters. The Balaban J connectivity index is 3.49. The van der Waals surface area contributed by atoms with Crippen molar-refractivity contribution in [1.29, 1.82) is 0 Å². The zero-order chi connectivity index (χ0) is 13.0. The number of carbonyl (C=O) groups is 1. The molecule has 0 aliphatic carbocycles. The van der Waals surface area contributed by atoms with E-state index in [1.54, 1.807) is 6.08 Å². The number of hydrogen-bond donors (Lipinski definition) is 0. The highest BCUT2D eigenvalue weighted by Gasteiger charge is 2.17. The van der Waals surface area contributed by atoms with Gasteiger partial charge in [0.25, 0.3) is 0 Å². The SMILES string of the molecule is C=Cc1cc(C)c(CCBr)c(C)c1C(=O)OC. The smallest absolute Gasteiger partial charge is 0.338 e. The van der Waals surface area contributed by atoms with Gasteiger partial charge in [0.2, 0.25) is 0 Å². The van der Waals surface area contributed by atoms with Crippen LogP contribution in [0.3, 0.4) is 0 Å². The van der Waals surface area contributed by atoms with Crippen molar-refractivity contribution in [2.45, 2.75) is 20.3 Å². The fourth-order valence-corrected chi connectivity index (χ4v) is 2.47. The van der Waals surface area contributed by atoms with Crippen molar-refractivity contribution >= 4 is 28.0 Å². The quantitative estimate of drug-likeness (QED) is 0.626. The van der Waals surface area contributed by atoms with Gasteiger partial charge in [-0.1, -0.05) is 34.7 Å². The third-order valence-electron chi connectivity index (χ3n) is 2.92. The van der Waals surface area contributed by atoms with Crippen LogP contribution in [0.15, 0.2) is 12.6 Å². The van der Waals surface area contributed by atoms with Gasteiger partial charge in [-0.25, -0.2) is 4.79 Å². The first-order chi connectivity index (χ1) is 8.06. The highest BCUT2D eigenvalue weighted by atomic mass is 79.9. The second-order valence-electron chi connectivity index (χ2n) is 3.90. The van der Waals surface area contributed by atoms with E-state index in [4.69, 9.17) is 4.74 Å². The van der Waals surface area contributed by atoms with E-state index in [1.807, 2.05) is 13.0 Å². The lowest BCUT2D eigenvalue weighted by Crippen LogP contribution is -2.10. The summed E-state index contributed by atoms with van der Waals surface area (Å²) in [5, 5.41) is 0.878. The molecule has 1 aromatic rings. The molecule has 0 fully saturated rings. The predicted octanol–water partition coefficient (Wildman–Crippen LogP) is 3.67. The van der Waals surface area contributed by atoms with Gasteiger partial charge in [-0.3, -0.25) is 0 Å². The van der Waals surface area contributed by atoms with E-state index in [9.17, 15) is 4.79 Å². The molecule has 2 nitrogen and oxygen atoms in total. The number of halogens is 1. The summed E-state index contributed by atoms with van der Waals surface area (Å²) in [4.78, 5) is 11.8. The van der Waals surface area contributed by atoms with E-state index in [2.05, 4.69) is 29.4 Å². The van der Waals surface area contributed by atoms with E-state index in [-0.39, 0.29) is 5.97 Å². The highest BCUT2D eigenvalue weighted by Crippen LogP contribution is 2.25. The van der Waals surface area contributed by atoms with Crippen LogP contribution in [-0.2, 0) is 11.2 Å². The lowest BCUT2D eigenvalue weighted by molar-refractivity contribution is 0.0599. The summed E-state index contributed by atoms with van der Waals surface area (Å²) in [6.45, 7) is 7.77. The second kappa shape index (κ2) is 6.01. The number of carbonyl (C=O) groups excluding carboxylic acids is 1. The Morgan fingerprint density at radius 2 is 2.18 bits per heavy atom. The summed E-state index contributed by atoms with van der Waals surface area (Å²) in [7, 11) is 1.40. The monoisotopic (exact) mass is 296 g/mol. The number of benzene rings is 1. The molecule has 0 saturated heterocycles. The lowest BCUT2D eigenvalue weighted by Gasteiger charge is -2.15. The van der Waals surface area contributed by atoms with Gasteiger partial charge in [-0.2, -0.15) is 0 Å². The van der Waals surface area contributed by atoms with E-state index < -0.39 is 0 Å². The number of aryl methyl sites for hydroxylation is 1. The van der Waals surface area contributed by atoms with Crippen molar-refractivity contribution in [3.8, 4) is 0 Å². The Labute approximate surface area is 111 Å². The second-order valence-corrected chi connectivity index (χ2v) is 4.69. The molecule has 0 bridgehead atoms. The van der Waals surface area contributed by atoms with Gasteiger partial charge in [0, 0.05) is 5.33 Å². The maximum atomic E-state index is 11.8. The van der Waals surface area contributed by atoms with Gasteiger partial charge in [0.05, 0.1) is 12.7 Å². The van der Waals surface area contributed by atoms with Crippen LogP contribution in [0.25, 0.3) is 6.08 Å². The summed E-state index contributed by atoms with van der Waals surface area (Å²) >= 11 is 3.43. The van der Waals surface area contributed by atoms with Gasteiger partial charge in [-0.15, -0.1) is 0 Å². The number of alkyl halides is 1. The average molecular weight is 297 g/mol. The topological polar surface area (TPSA) is 26.3 Å². The van der Waals surface area contributed by atoms with Gasteiger partial charge in [0.15, 0.2) is 0 Å². The van der Waals surface area contributed by atoms with Crippen LogP contribution in [0.2, 0.25) is 0 Å². The van der Waals surface area contributed by atoms with Crippen molar-refractivity contribution in [3.63, 3.8) is 0 Å². The normalized spacial score (nSPS) is 10.1. The molecular weight excluding hydrogens is 280 g/mol. The van der Waals surface area contributed by atoms with Crippen LogP contribution < -0.4 is 0 Å². The Kier molecular flexibility index (Phi) is 4.94. The molecule has 0 aliphatic rings. The standard InChI is InChI=1S/C14H17BrO2/c1-5-11-8-9(2)12(6-7-15)10(3)13(11)14(16)17-4/h5,8H,1,6-7H2,2-4H3. The summed E-state index contributed by atoms with van der Waals surface area (Å²) < 4.78 is 4.83. The number of rotatable bonds is 4. The molecule has 3 heteroatoms. The fraction of sp³-hybridized carbons (Fsp3) is 0.357. The average Bonchev–Trinajstić information content (AvgIpc) is 2.32. The molecule has 17 heavy (non-hydrogen) atoms. The fourth-order valence-electron chi connectivity index (χ4n) is 2.07. The Bertz CT molecular complexity index is 450. The molecule has 0 N–H and O–H groups in total. The van der Waals surface area contributed by atoms with E-state index in [0.29, 0.717) is 5.56 Å². The van der Waals surface area contributed by atoms with E-state index in [1.165, 1.54) is 18.2 Å². The molecule has 0 radical (unpaired) electrons. The molecule has 0 aliphatic heterocycles. The molecule has 0 saturated carbocycles. The van der Waals surface area contributed by atoms with Crippen LogP contribution in [-0.4, -0.2) is 18.4 Å². The molecule has 0 heterocycles. The largest absolute Gasteiger partial charge is 0.465 e. The third kappa shape index (κ3) is 2.78. The third-order valence-corrected chi connectivity index (χ3v) is 3.31. The number of esters is 1. The number of ether oxygens (including phenoxy) is 1.